The molecule has 0 rings (SSSR count). The molecule has 14 heavy (non-hydrogen) atoms. The Kier molecular flexibility index (Phi) is 5.04. The molecule has 0 fully saturated rings. The summed E-state index contributed by atoms with van der Waals surface area (Å²) < 4.78 is 29.7. The minimum atomic E-state index is -3.58. The zero-order chi connectivity index (χ0) is 11.2. The van der Waals surface area contributed by atoms with Crippen molar-refractivity contribution in [3.05, 3.63) is 0 Å². The molecule has 6 heteroatoms. The summed E-state index contributed by atoms with van der Waals surface area (Å²) in [6.07, 6.45) is -1.42. The van der Waals surface area contributed by atoms with E-state index in [2.05, 4.69) is 4.74 Å². The van der Waals surface area contributed by atoms with E-state index in [4.69, 9.17) is 5.11 Å². The summed E-state index contributed by atoms with van der Waals surface area (Å²) in [5.74, 6) is -6.33. The quantitative estimate of drug-likeness (QED) is 0.674. The lowest BCUT2D eigenvalue weighted by Crippen LogP contribution is -2.30. The van der Waals surface area contributed by atoms with Crippen molar-refractivity contribution in [3.63, 3.8) is 0 Å². The van der Waals surface area contributed by atoms with Crippen LogP contribution in [0.25, 0.3) is 0 Å². The summed E-state index contributed by atoms with van der Waals surface area (Å²) in [4.78, 5) is 20.6. The molecule has 0 heterocycles. The van der Waals surface area contributed by atoms with E-state index >= 15 is 0 Å². The van der Waals surface area contributed by atoms with Gasteiger partial charge in [0.1, 0.15) is 0 Å². The van der Waals surface area contributed by atoms with Crippen molar-refractivity contribution in [1.29, 1.82) is 0 Å². The fourth-order valence-electron chi connectivity index (χ4n) is 0.800. The number of carboxylic acids is 1. The Morgan fingerprint density at radius 1 is 1.43 bits per heavy atom. The van der Waals surface area contributed by atoms with Gasteiger partial charge in [0.2, 0.25) is 0 Å². The molecular weight excluding hydrogens is 198 g/mol. The van der Waals surface area contributed by atoms with Crippen molar-refractivity contribution in [3.8, 4) is 0 Å². The second kappa shape index (κ2) is 5.51. The molecule has 0 spiro atoms. The molecule has 0 saturated heterocycles. The molecule has 0 amide bonds. The predicted molar refractivity (Wildman–Crippen MR) is 43.1 cm³/mol. The zero-order valence-corrected chi connectivity index (χ0v) is 7.76. The van der Waals surface area contributed by atoms with Crippen molar-refractivity contribution in [1.82, 2.24) is 0 Å². The molecular formula is C8H12F2O4. The SMILES string of the molecule is CCOC(=O)C(F)(F)CCCC(=O)O. The van der Waals surface area contributed by atoms with Gasteiger partial charge in [-0.1, -0.05) is 0 Å². The van der Waals surface area contributed by atoms with Gasteiger partial charge in [-0.05, 0) is 13.3 Å². The highest BCUT2D eigenvalue weighted by Crippen LogP contribution is 2.22. The number of alkyl halides is 2. The molecule has 0 aliphatic heterocycles. The van der Waals surface area contributed by atoms with Crippen LogP contribution in [0.5, 0.6) is 0 Å². The van der Waals surface area contributed by atoms with Crippen molar-refractivity contribution in [2.75, 3.05) is 6.61 Å². The standard InChI is InChI=1S/C8H12F2O4/c1-2-14-7(13)8(9,10)5-3-4-6(11)12/h2-5H2,1H3,(H,11,12). The van der Waals surface area contributed by atoms with Gasteiger partial charge in [0.05, 0.1) is 6.61 Å². The maximum Gasteiger partial charge on any atom is 0.376 e. The third kappa shape index (κ3) is 4.74. The van der Waals surface area contributed by atoms with E-state index in [0.29, 0.717) is 0 Å². The summed E-state index contributed by atoms with van der Waals surface area (Å²) in [7, 11) is 0. The van der Waals surface area contributed by atoms with E-state index in [-0.39, 0.29) is 19.4 Å². The Hall–Kier alpha value is -1.20. The largest absolute Gasteiger partial charge is 0.481 e. The lowest BCUT2D eigenvalue weighted by Gasteiger charge is -2.13. The third-order valence-electron chi connectivity index (χ3n) is 1.46. The number of carbonyl (C=O) groups is 2. The minimum absolute atomic E-state index is 0.118. The Morgan fingerprint density at radius 3 is 2.43 bits per heavy atom. The Balaban J connectivity index is 3.93. The molecule has 0 aliphatic carbocycles. The number of esters is 1. The predicted octanol–water partition coefficient (Wildman–Crippen LogP) is 1.44. The number of halogens is 2. The van der Waals surface area contributed by atoms with Crippen molar-refractivity contribution in [2.45, 2.75) is 32.1 Å². The van der Waals surface area contributed by atoms with Gasteiger partial charge < -0.3 is 9.84 Å². The van der Waals surface area contributed by atoms with E-state index in [9.17, 15) is 18.4 Å². The average molecular weight is 210 g/mol. The number of rotatable bonds is 6. The van der Waals surface area contributed by atoms with Crippen LogP contribution in [0.2, 0.25) is 0 Å². The van der Waals surface area contributed by atoms with Gasteiger partial charge in [0.25, 0.3) is 0 Å². The molecule has 0 radical (unpaired) electrons. The van der Waals surface area contributed by atoms with Gasteiger partial charge in [-0.15, -0.1) is 0 Å². The van der Waals surface area contributed by atoms with E-state index in [1.54, 1.807) is 0 Å². The average Bonchev–Trinajstić information content (AvgIpc) is 2.03. The lowest BCUT2D eigenvalue weighted by molar-refractivity contribution is -0.172. The first-order valence-electron chi connectivity index (χ1n) is 4.17. The van der Waals surface area contributed by atoms with Gasteiger partial charge in [-0.2, -0.15) is 8.78 Å². The maximum absolute atomic E-state index is 12.8. The van der Waals surface area contributed by atoms with Gasteiger partial charge in [-0.25, -0.2) is 4.79 Å². The normalized spacial score (nSPS) is 11.1. The van der Waals surface area contributed by atoms with Crippen LogP contribution in [-0.2, 0) is 14.3 Å². The smallest absolute Gasteiger partial charge is 0.376 e. The van der Waals surface area contributed by atoms with E-state index in [1.165, 1.54) is 6.92 Å². The molecule has 0 unspecified atom stereocenters. The summed E-state index contributed by atoms with van der Waals surface area (Å²) in [6, 6.07) is 0. The lowest BCUT2D eigenvalue weighted by atomic mass is 10.1. The van der Waals surface area contributed by atoms with Crippen LogP contribution in [-0.4, -0.2) is 29.6 Å². The number of hydrogen-bond acceptors (Lipinski definition) is 3. The van der Waals surface area contributed by atoms with Crippen LogP contribution < -0.4 is 0 Å². The summed E-state index contributed by atoms with van der Waals surface area (Å²) >= 11 is 0. The van der Waals surface area contributed by atoms with Crippen molar-refractivity contribution in [2.24, 2.45) is 0 Å². The maximum atomic E-state index is 12.8. The minimum Gasteiger partial charge on any atom is -0.481 e. The molecule has 4 nitrogen and oxygen atoms in total. The highest BCUT2D eigenvalue weighted by atomic mass is 19.3. The first kappa shape index (κ1) is 12.8. The van der Waals surface area contributed by atoms with Crippen LogP contribution in [0.15, 0.2) is 0 Å². The first-order chi connectivity index (χ1) is 6.40. The Morgan fingerprint density at radius 2 is 2.00 bits per heavy atom. The number of carboxylic acid groups (broad SMARTS) is 1. The molecule has 0 aliphatic rings. The van der Waals surface area contributed by atoms with Crippen molar-refractivity contribution >= 4 is 11.9 Å². The Labute approximate surface area is 79.9 Å². The van der Waals surface area contributed by atoms with Crippen LogP contribution in [0.3, 0.4) is 0 Å². The molecule has 0 aromatic heterocycles. The monoisotopic (exact) mass is 210 g/mol. The summed E-state index contributed by atoms with van der Waals surface area (Å²) in [5.41, 5.74) is 0. The van der Waals surface area contributed by atoms with Gasteiger partial charge in [0.15, 0.2) is 0 Å². The van der Waals surface area contributed by atoms with Crippen LogP contribution >= 0.6 is 0 Å². The van der Waals surface area contributed by atoms with E-state index < -0.39 is 24.3 Å². The molecule has 0 atom stereocenters. The highest BCUT2D eigenvalue weighted by Gasteiger charge is 2.39. The molecule has 1 N–H and O–H groups in total. The van der Waals surface area contributed by atoms with Crippen LogP contribution in [0.1, 0.15) is 26.2 Å². The third-order valence-corrected chi connectivity index (χ3v) is 1.46. The number of carbonyl (C=O) groups excluding carboxylic acids is 1. The molecule has 82 valence electrons. The van der Waals surface area contributed by atoms with Gasteiger partial charge in [-0.3, -0.25) is 4.79 Å². The summed E-state index contributed by atoms with van der Waals surface area (Å²) in [5, 5.41) is 8.19. The van der Waals surface area contributed by atoms with Gasteiger partial charge in [0, 0.05) is 12.8 Å². The molecule has 0 bridgehead atoms. The molecule has 0 aromatic carbocycles. The highest BCUT2D eigenvalue weighted by molar-refractivity contribution is 5.77. The zero-order valence-electron chi connectivity index (χ0n) is 7.76. The van der Waals surface area contributed by atoms with Crippen molar-refractivity contribution < 1.29 is 28.2 Å². The van der Waals surface area contributed by atoms with Crippen LogP contribution in [0, 0.1) is 0 Å². The topological polar surface area (TPSA) is 63.6 Å². The van der Waals surface area contributed by atoms with E-state index in [1.807, 2.05) is 0 Å². The second-order valence-corrected chi connectivity index (χ2v) is 2.67. The Bertz CT molecular complexity index is 215. The van der Waals surface area contributed by atoms with Crippen LogP contribution in [0.4, 0.5) is 8.78 Å². The molecule has 0 aromatic rings. The van der Waals surface area contributed by atoms with Gasteiger partial charge >= 0.3 is 17.9 Å². The molecule has 0 saturated carbocycles. The second-order valence-electron chi connectivity index (χ2n) is 2.67. The number of hydrogen-bond donors (Lipinski definition) is 1. The fourth-order valence-corrected chi connectivity index (χ4v) is 0.800. The first-order valence-corrected chi connectivity index (χ1v) is 4.17. The number of aliphatic carboxylic acids is 1. The fraction of sp³-hybridized carbons (Fsp3) is 0.750. The number of ether oxygens (including phenoxy) is 1. The van der Waals surface area contributed by atoms with E-state index in [0.717, 1.165) is 0 Å². The summed E-state index contributed by atoms with van der Waals surface area (Å²) in [6.45, 7) is 1.30.